The van der Waals surface area contributed by atoms with Crippen LogP contribution in [0.25, 0.3) is 17.0 Å². The highest BCUT2D eigenvalue weighted by Gasteiger charge is 2.09. The van der Waals surface area contributed by atoms with E-state index in [0.717, 1.165) is 15.7 Å². The number of fused-ring (bicyclic) bond motifs is 1. The van der Waals surface area contributed by atoms with Gasteiger partial charge in [-0.1, -0.05) is 28.1 Å². The monoisotopic (exact) mass is 298 g/mol. The molecular formula is C13H7BrN4. The Kier molecular flexibility index (Phi) is 2.58. The zero-order chi connectivity index (χ0) is 12.5. The van der Waals surface area contributed by atoms with Crippen molar-refractivity contribution < 1.29 is 0 Å². The van der Waals surface area contributed by atoms with Gasteiger partial charge in [-0.2, -0.15) is 5.26 Å². The van der Waals surface area contributed by atoms with Crippen LogP contribution in [0, 0.1) is 11.3 Å². The summed E-state index contributed by atoms with van der Waals surface area (Å²) in [4.78, 5) is 4.43. The smallest absolute Gasteiger partial charge is 0.183 e. The van der Waals surface area contributed by atoms with E-state index < -0.39 is 0 Å². The molecule has 0 aliphatic carbocycles. The van der Waals surface area contributed by atoms with Gasteiger partial charge in [0.25, 0.3) is 0 Å². The number of halogens is 1. The standard InChI is InChI=1S/C13H7BrN4/c14-11-4-2-1-3-10(11)13-16-12-6-5-9(7-15)8-18(12)17-13/h1-6,8H. The lowest BCUT2D eigenvalue weighted by Crippen LogP contribution is -1.88. The Hall–Kier alpha value is -2.19. The molecule has 18 heavy (non-hydrogen) atoms. The van der Waals surface area contributed by atoms with Crippen LogP contribution in [-0.2, 0) is 0 Å². The first-order valence-corrected chi connectivity index (χ1v) is 6.08. The topological polar surface area (TPSA) is 54.0 Å². The highest BCUT2D eigenvalue weighted by atomic mass is 79.9. The lowest BCUT2D eigenvalue weighted by Gasteiger charge is -1.96. The van der Waals surface area contributed by atoms with Gasteiger partial charge in [0, 0.05) is 16.2 Å². The fourth-order valence-corrected chi connectivity index (χ4v) is 2.17. The summed E-state index contributed by atoms with van der Waals surface area (Å²) in [6.45, 7) is 0. The van der Waals surface area contributed by atoms with E-state index in [0.29, 0.717) is 11.4 Å². The van der Waals surface area contributed by atoms with E-state index in [2.05, 4.69) is 32.1 Å². The molecule has 0 fully saturated rings. The maximum atomic E-state index is 8.85. The fourth-order valence-electron chi connectivity index (χ4n) is 1.71. The Balaban J connectivity index is 2.20. The highest BCUT2D eigenvalue weighted by Crippen LogP contribution is 2.25. The summed E-state index contributed by atoms with van der Waals surface area (Å²) < 4.78 is 2.56. The van der Waals surface area contributed by atoms with Crippen LogP contribution < -0.4 is 0 Å². The summed E-state index contributed by atoms with van der Waals surface area (Å²) in [7, 11) is 0. The molecule has 0 atom stereocenters. The SMILES string of the molecule is N#Cc1ccc2nc(-c3ccccc3Br)nn2c1. The molecule has 0 bridgehead atoms. The number of rotatable bonds is 1. The molecular weight excluding hydrogens is 292 g/mol. The van der Waals surface area contributed by atoms with Crippen LogP contribution in [0.4, 0.5) is 0 Å². The molecule has 0 unspecified atom stereocenters. The predicted molar refractivity (Wildman–Crippen MR) is 70.8 cm³/mol. The molecule has 0 saturated carbocycles. The van der Waals surface area contributed by atoms with Gasteiger partial charge in [0.15, 0.2) is 11.5 Å². The van der Waals surface area contributed by atoms with Crippen LogP contribution in [-0.4, -0.2) is 14.6 Å². The van der Waals surface area contributed by atoms with Crippen LogP contribution in [0.3, 0.4) is 0 Å². The maximum absolute atomic E-state index is 8.85. The highest BCUT2D eigenvalue weighted by molar-refractivity contribution is 9.10. The van der Waals surface area contributed by atoms with Crippen molar-refractivity contribution >= 4 is 21.6 Å². The van der Waals surface area contributed by atoms with Crippen LogP contribution in [0.15, 0.2) is 47.1 Å². The molecule has 0 saturated heterocycles. The summed E-state index contributed by atoms with van der Waals surface area (Å²) in [5, 5.41) is 13.2. The molecule has 5 heteroatoms. The van der Waals surface area contributed by atoms with Gasteiger partial charge in [-0.05, 0) is 24.3 Å². The number of hydrogen-bond acceptors (Lipinski definition) is 3. The van der Waals surface area contributed by atoms with Gasteiger partial charge in [0.1, 0.15) is 6.07 Å². The van der Waals surface area contributed by atoms with Crippen LogP contribution >= 0.6 is 15.9 Å². The molecule has 4 nitrogen and oxygen atoms in total. The van der Waals surface area contributed by atoms with Gasteiger partial charge in [-0.3, -0.25) is 0 Å². The Bertz CT molecular complexity index is 770. The predicted octanol–water partition coefficient (Wildman–Crippen LogP) is 3.03. The molecule has 0 amide bonds. The quantitative estimate of drug-likeness (QED) is 0.694. The number of benzene rings is 1. The summed E-state index contributed by atoms with van der Waals surface area (Å²) in [5.41, 5.74) is 2.21. The summed E-state index contributed by atoms with van der Waals surface area (Å²) in [5.74, 6) is 0.637. The molecule has 0 aliphatic rings. The zero-order valence-corrected chi connectivity index (χ0v) is 10.8. The lowest BCUT2D eigenvalue weighted by atomic mass is 10.2. The fraction of sp³-hybridized carbons (Fsp3) is 0. The van der Waals surface area contributed by atoms with Crippen molar-refractivity contribution in [1.29, 1.82) is 5.26 Å². The van der Waals surface area contributed by atoms with Crippen LogP contribution in [0.2, 0.25) is 0 Å². The van der Waals surface area contributed by atoms with Crippen LogP contribution in [0.5, 0.6) is 0 Å². The van der Waals surface area contributed by atoms with Crippen molar-refractivity contribution in [3.8, 4) is 17.5 Å². The molecule has 3 rings (SSSR count). The number of nitriles is 1. The summed E-state index contributed by atoms with van der Waals surface area (Å²) >= 11 is 3.48. The van der Waals surface area contributed by atoms with Gasteiger partial charge in [0.2, 0.25) is 0 Å². The van der Waals surface area contributed by atoms with Crippen molar-refractivity contribution in [3.05, 3.63) is 52.6 Å². The third-order valence-corrected chi connectivity index (χ3v) is 3.27. The van der Waals surface area contributed by atoms with Crippen LogP contribution in [0.1, 0.15) is 5.56 Å². The average molecular weight is 299 g/mol. The first-order chi connectivity index (χ1) is 8.78. The zero-order valence-electron chi connectivity index (χ0n) is 9.21. The molecule has 0 radical (unpaired) electrons. The Morgan fingerprint density at radius 2 is 2.00 bits per heavy atom. The molecule has 3 aromatic rings. The molecule has 0 N–H and O–H groups in total. The van der Waals surface area contributed by atoms with E-state index in [9.17, 15) is 0 Å². The number of hydrogen-bond donors (Lipinski definition) is 0. The Morgan fingerprint density at radius 3 is 2.78 bits per heavy atom. The molecule has 0 aliphatic heterocycles. The van der Waals surface area contributed by atoms with E-state index >= 15 is 0 Å². The van der Waals surface area contributed by atoms with Crippen molar-refractivity contribution in [1.82, 2.24) is 14.6 Å². The third-order valence-electron chi connectivity index (χ3n) is 2.57. The molecule has 0 spiro atoms. The molecule has 86 valence electrons. The first kappa shape index (κ1) is 10.9. The van der Waals surface area contributed by atoms with E-state index in [4.69, 9.17) is 5.26 Å². The van der Waals surface area contributed by atoms with Gasteiger partial charge >= 0.3 is 0 Å². The second kappa shape index (κ2) is 4.24. The minimum Gasteiger partial charge on any atom is -0.219 e. The number of pyridine rings is 1. The molecule has 1 aromatic carbocycles. The van der Waals surface area contributed by atoms with E-state index in [-0.39, 0.29) is 0 Å². The molecule has 2 heterocycles. The normalized spacial score (nSPS) is 10.4. The third kappa shape index (κ3) is 1.77. The van der Waals surface area contributed by atoms with Crippen molar-refractivity contribution in [2.24, 2.45) is 0 Å². The number of nitrogens with zero attached hydrogens (tertiary/aromatic N) is 4. The lowest BCUT2D eigenvalue weighted by molar-refractivity contribution is 0.961. The van der Waals surface area contributed by atoms with E-state index in [1.165, 1.54) is 0 Å². The van der Waals surface area contributed by atoms with Gasteiger partial charge in [-0.25, -0.2) is 9.50 Å². The Morgan fingerprint density at radius 1 is 1.17 bits per heavy atom. The second-order valence-corrected chi connectivity index (χ2v) is 4.60. The second-order valence-electron chi connectivity index (χ2n) is 3.75. The number of aromatic nitrogens is 3. The van der Waals surface area contributed by atoms with Crippen molar-refractivity contribution in [3.63, 3.8) is 0 Å². The largest absolute Gasteiger partial charge is 0.219 e. The van der Waals surface area contributed by atoms with Crippen molar-refractivity contribution in [2.45, 2.75) is 0 Å². The summed E-state index contributed by atoms with van der Waals surface area (Å²) in [6, 6.07) is 13.4. The van der Waals surface area contributed by atoms with Gasteiger partial charge in [-0.15, -0.1) is 5.10 Å². The first-order valence-electron chi connectivity index (χ1n) is 5.29. The average Bonchev–Trinajstić information content (AvgIpc) is 2.81. The minimum absolute atomic E-state index is 0.561. The molecule has 2 aromatic heterocycles. The minimum atomic E-state index is 0.561. The van der Waals surface area contributed by atoms with E-state index in [1.54, 1.807) is 22.8 Å². The van der Waals surface area contributed by atoms with Gasteiger partial charge < -0.3 is 0 Å². The van der Waals surface area contributed by atoms with Crippen molar-refractivity contribution in [2.75, 3.05) is 0 Å². The van der Waals surface area contributed by atoms with Gasteiger partial charge in [0.05, 0.1) is 5.56 Å². The van der Waals surface area contributed by atoms with E-state index in [1.807, 2.05) is 24.3 Å². The Labute approximate surface area is 112 Å². The maximum Gasteiger partial charge on any atom is 0.183 e. The summed E-state index contributed by atoms with van der Waals surface area (Å²) in [6.07, 6.45) is 1.67.